The summed E-state index contributed by atoms with van der Waals surface area (Å²) < 4.78 is 0. The van der Waals surface area contributed by atoms with Crippen molar-refractivity contribution >= 4 is 0 Å². The van der Waals surface area contributed by atoms with Gasteiger partial charge in [-0.2, -0.15) is 0 Å². The Kier molecular flexibility index (Phi) is 3.50. The van der Waals surface area contributed by atoms with Gasteiger partial charge in [0.15, 0.2) is 0 Å². The van der Waals surface area contributed by atoms with Crippen LogP contribution < -0.4 is 0 Å². The molecule has 18 heavy (non-hydrogen) atoms. The molecule has 3 fully saturated rings. The Morgan fingerprint density at radius 1 is 1.11 bits per heavy atom. The molecule has 2 aliphatic carbocycles. The molecule has 0 spiro atoms. The van der Waals surface area contributed by atoms with E-state index in [1.165, 1.54) is 52.0 Å². The minimum absolute atomic E-state index is 0.900. The number of likely N-dealkylation sites (N-methyl/N-ethyl adjacent to an activating group) is 1. The molecule has 3 rings (SSSR count). The third kappa shape index (κ3) is 2.25. The maximum absolute atomic E-state index is 2.72. The van der Waals surface area contributed by atoms with E-state index in [2.05, 4.69) is 30.7 Å². The quantitative estimate of drug-likeness (QED) is 0.693. The van der Waals surface area contributed by atoms with Gasteiger partial charge in [0.05, 0.1) is 0 Å². The zero-order valence-corrected chi connectivity index (χ0v) is 12.3. The van der Waals surface area contributed by atoms with Crippen molar-refractivity contribution in [2.24, 2.45) is 17.8 Å². The predicted molar refractivity (Wildman–Crippen MR) is 76.6 cm³/mol. The maximum Gasteiger partial charge on any atom is 0.0110 e. The fourth-order valence-electron chi connectivity index (χ4n) is 4.56. The van der Waals surface area contributed by atoms with E-state index in [1.54, 1.807) is 5.57 Å². The molecule has 2 heteroatoms. The van der Waals surface area contributed by atoms with Gasteiger partial charge in [0, 0.05) is 32.7 Å². The molecule has 1 heterocycles. The van der Waals surface area contributed by atoms with E-state index in [9.17, 15) is 0 Å². The first-order chi connectivity index (χ1) is 8.65. The van der Waals surface area contributed by atoms with E-state index in [0.29, 0.717) is 0 Å². The summed E-state index contributed by atoms with van der Waals surface area (Å²) in [7, 11) is 2.25. The summed E-state index contributed by atoms with van der Waals surface area (Å²) in [6, 6.07) is 0. The summed E-state index contributed by atoms with van der Waals surface area (Å²) in [6.07, 6.45) is 4.48. The average molecular weight is 248 g/mol. The van der Waals surface area contributed by atoms with Crippen molar-refractivity contribution in [3.8, 4) is 0 Å². The number of hydrogen-bond acceptors (Lipinski definition) is 2. The zero-order chi connectivity index (χ0) is 12.7. The number of nitrogens with zero attached hydrogens (tertiary/aromatic N) is 2. The highest BCUT2D eigenvalue weighted by Gasteiger charge is 2.44. The average Bonchev–Trinajstić information content (AvgIpc) is 2.92. The van der Waals surface area contributed by atoms with E-state index < -0.39 is 0 Å². The van der Waals surface area contributed by atoms with Gasteiger partial charge in [0.2, 0.25) is 0 Å². The van der Waals surface area contributed by atoms with Crippen LogP contribution in [-0.2, 0) is 0 Å². The summed E-state index contributed by atoms with van der Waals surface area (Å²) in [6.45, 7) is 11.1. The van der Waals surface area contributed by atoms with Crippen molar-refractivity contribution in [1.29, 1.82) is 0 Å². The zero-order valence-electron chi connectivity index (χ0n) is 12.3. The van der Waals surface area contributed by atoms with Gasteiger partial charge in [-0.1, -0.05) is 11.1 Å². The van der Waals surface area contributed by atoms with Crippen LogP contribution in [0.3, 0.4) is 0 Å². The minimum Gasteiger partial charge on any atom is -0.304 e. The highest BCUT2D eigenvalue weighted by Crippen LogP contribution is 2.53. The van der Waals surface area contributed by atoms with E-state index in [4.69, 9.17) is 0 Å². The SMILES string of the molecule is CC(C)=C1C2CCC(C2)C1CN1CCN(C)CC1. The summed E-state index contributed by atoms with van der Waals surface area (Å²) >= 11 is 0. The van der Waals surface area contributed by atoms with Gasteiger partial charge in [-0.3, -0.25) is 0 Å². The summed E-state index contributed by atoms with van der Waals surface area (Å²) in [4.78, 5) is 5.17. The largest absolute Gasteiger partial charge is 0.304 e. The molecule has 1 saturated heterocycles. The molecule has 102 valence electrons. The van der Waals surface area contributed by atoms with Crippen molar-refractivity contribution in [3.63, 3.8) is 0 Å². The lowest BCUT2D eigenvalue weighted by Gasteiger charge is -2.37. The molecule has 2 nitrogen and oxygen atoms in total. The van der Waals surface area contributed by atoms with E-state index in [-0.39, 0.29) is 0 Å². The summed E-state index contributed by atoms with van der Waals surface area (Å²) in [5, 5.41) is 0. The van der Waals surface area contributed by atoms with Crippen molar-refractivity contribution in [1.82, 2.24) is 9.80 Å². The summed E-state index contributed by atoms with van der Waals surface area (Å²) in [5.74, 6) is 2.87. The molecule has 3 atom stereocenters. The first kappa shape index (κ1) is 12.7. The van der Waals surface area contributed by atoms with Crippen LogP contribution in [0.15, 0.2) is 11.1 Å². The van der Waals surface area contributed by atoms with E-state index in [0.717, 1.165) is 17.8 Å². The Morgan fingerprint density at radius 3 is 2.50 bits per heavy atom. The molecule has 0 N–H and O–H groups in total. The minimum atomic E-state index is 0.900. The molecular weight excluding hydrogens is 220 g/mol. The second-order valence-corrected chi connectivity index (χ2v) is 6.94. The number of rotatable bonds is 2. The van der Waals surface area contributed by atoms with Crippen LogP contribution in [0.1, 0.15) is 33.1 Å². The highest BCUT2D eigenvalue weighted by atomic mass is 15.2. The third-order valence-electron chi connectivity index (χ3n) is 5.51. The first-order valence-electron chi connectivity index (χ1n) is 7.73. The lowest BCUT2D eigenvalue weighted by Crippen LogP contribution is -2.46. The fourth-order valence-corrected chi connectivity index (χ4v) is 4.56. The van der Waals surface area contributed by atoms with Crippen molar-refractivity contribution in [3.05, 3.63) is 11.1 Å². The van der Waals surface area contributed by atoms with Crippen molar-refractivity contribution in [2.45, 2.75) is 33.1 Å². The van der Waals surface area contributed by atoms with Crippen LogP contribution >= 0.6 is 0 Å². The third-order valence-corrected chi connectivity index (χ3v) is 5.51. The Hall–Kier alpha value is -0.340. The number of allylic oxidation sites excluding steroid dienone is 1. The molecule has 0 amide bonds. The van der Waals surface area contributed by atoms with Crippen LogP contribution in [0, 0.1) is 17.8 Å². The number of hydrogen-bond donors (Lipinski definition) is 0. The fraction of sp³-hybridized carbons (Fsp3) is 0.875. The van der Waals surface area contributed by atoms with Crippen LogP contribution in [0.4, 0.5) is 0 Å². The monoisotopic (exact) mass is 248 g/mol. The van der Waals surface area contributed by atoms with Crippen LogP contribution in [-0.4, -0.2) is 49.6 Å². The topological polar surface area (TPSA) is 6.48 Å². The Labute approximate surface area is 112 Å². The molecule has 0 aromatic rings. The van der Waals surface area contributed by atoms with Gasteiger partial charge in [0.25, 0.3) is 0 Å². The van der Waals surface area contributed by atoms with Gasteiger partial charge in [-0.25, -0.2) is 0 Å². The summed E-state index contributed by atoms with van der Waals surface area (Å²) in [5.41, 5.74) is 3.48. The lowest BCUT2D eigenvalue weighted by atomic mass is 9.81. The van der Waals surface area contributed by atoms with Crippen LogP contribution in [0.25, 0.3) is 0 Å². The first-order valence-corrected chi connectivity index (χ1v) is 7.73. The highest BCUT2D eigenvalue weighted by molar-refractivity contribution is 5.26. The molecule has 0 aromatic carbocycles. The van der Waals surface area contributed by atoms with Gasteiger partial charge < -0.3 is 9.80 Å². The molecule has 0 radical (unpaired) electrons. The molecule has 0 aromatic heterocycles. The Bertz CT molecular complexity index is 335. The molecule has 1 aliphatic heterocycles. The van der Waals surface area contributed by atoms with Gasteiger partial charge in [-0.05, 0) is 57.9 Å². The van der Waals surface area contributed by atoms with Gasteiger partial charge in [-0.15, -0.1) is 0 Å². The second-order valence-electron chi connectivity index (χ2n) is 6.94. The van der Waals surface area contributed by atoms with Crippen molar-refractivity contribution < 1.29 is 0 Å². The van der Waals surface area contributed by atoms with Gasteiger partial charge in [0.1, 0.15) is 0 Å². The predicted octanol–water partition coefficient (Wildman–Crippen LogP) is 2.62. The normalized spacial score (nSPS) is 37.5. The van der Waals surface area contributed by atoms with Crippen molar-refractivity contribution in [2.75, 3.05) is 39.8 Å². The number of fused-ring (bicyclic) bond motifs is 2. The lowest BCUT2D eigenvalue weighted by molar-refractivity contribution is 0.131. The molecule has 3 aliphatic rings. The van der Waals surface area contributed by atoms with E-state index >= 15 is 0 Å². The maximum atomic E-state index is 2.72. The molecule has 2 bridgehead atoms. The van der Waals surface area contributed by atoms with Crippen LogP contribution in [0.2, 0.25) is 0 Å². The van der Waals surface area contributed by atoms with Gasteiger partial charge >= 0.3 is 0 Å². The molecule has 2 saturated carbocycles. The standard InChI is InChI=1S/C16H28N2/c1-12(2)16-14-5-4-13(10-14)15(16)11-18-8-6-17(3)7-9-18/h13-15H,4-11H2,1-3H3. The Morgan fingerprint density at radius 2 is 1.83 bits per heavy atom. The second kappa shape index (κ2) is 4.97. The Balaban J connectivity index is 1.67. The molecule has 3 unspecified atom stereocenters. The smallest absolute Gasteiger partial charge is 0.0110 e. The van der Waals surface area contributed by atoms with E-state index in [1.807, 2.05) is 5.57 Å². The molecular formula is C16H28N2. The van der Waals surface area contributed by atoms with Crippen LogP contribution in [0.5, 0.6) is 0 Å². The number of piperazine rings is 1.